The van der Waals surface area contributed by atoms with Crippen molar-refractivity contribution < 1.29 is 9.90 Å². The van der Waals surface area contributed by atoms with Crippen LogP contribution in [0, 0.1) is 11.8 Å². The summed E-state index contributed by atoms with van der Waals surface area (Å²) in [5.41, 5.74) is 0. The largest absolute Gasteiger partial charge is 0.480 e. The molecule has 0 amide bonds. The van der Waals surface area contributed by atoms with Crippen molar-refractivity contribution in [1.82, 2.24) is 4.90 Å². The van der Waals surface area contributed by atoms with E-state index in [0.29, 0.717) is 12.0 Å². The van der Waals surface area contributed by atoms with Gasteiger partial charge in [-0.25, -0.2) is 0 Å². The minimum absolute atomic E-state index is 0.237. The van der Waals surface area contributed by atoms with Crippen LogP contribution in [-0.2, 0) is 4.79 Å². The van der Waals surface area contributed by atoms with Crippen molar-refractivity contribution in [3.8, 4) is 0 Å². The summed E-state index contributed by atoms with van der Waals surface area (Å²) in [4.78, 5) is 13.4. The highest BCUT2D eigenvalue weighted by molar-refractivity contribution is 5.74. The molecule has 1 saturated heterocycles. The van der Waals surface area contributed by atoms with Crippen molar-refractivity contribution in [2.75, 3.05) is 6.54 Å². The number of likely N-dealkylation sites (tertiary alicyclic amines) is 1. The number of aliphatic carboxylic acids is 1. The molecule has 2 rings (SSSR count). The van der Waals surface area contributed by atoms with Gasteiger partial charge in [0.15, 0.2) is 0 Å². The molecule has 1 saturated carbocycles. The summed E-state index contributed by atoms with van der Waals surface area (Å²) < 4.78 is 0. The monoisotopic (exact) mass is 211 g/mol. The second kappa shape index (κ2) is 4.12. The summed E-state index contributed by atoms with van der Waals surface area (Å²) in [5.74, 6) is 0.553. The van der Waals surface area contributed by atoms with E-state index in [-0.39, 0.29) is 6.04 Å². The summed E-state index contributed by atoms with van der Waals surface area (Å²) in [6.45, 7) is 5.21. The van der Waals surface area contributed by atoms with Crippen LogP contribution in [0.15, 0.2) is 0 Å². The van der Waals surface area contributed by atoms with Gasteiger partial charge in [0.2, 0.25) is 0 Å². The van der Waals surface area contributed by atoms with Crippen molar-refractivity contribution in [1.29, 1.82) is 0 Å². The first-order valence-electron chi connectivity index (χ1n) is 6.08. The second-order valence-corrected chi connectivity index (χ2v) is 5.31. The van der Waals surface area contributed by atoms with Gasteiger partial charge >= 0.3 is 5.97 Å². The van der Waals surface area contributed by atoms with Crippen LogP contribution < -0.4 is 0 Å². The van der Waals surface area contributed by atoms with E-state index in [1.165, 1.54) is 19.3 Å². The zero-order chi connectivity index (χ0) is 11.0. The van der Waals surface area contributed by atoms with E-state index >= 15 is 0 Å². The minimum Gasteiger partial charge on any atom is -0.480 e. The standard InChI is InChI=1S/C12H21NO2/c1-8-5-6-13(11(8)12(14)15)9(2)7-10-3-4-10/h8-11H,3-7H2,1-2H3,(H,14,15). The molecular weight excluding hydrogens is 190 g/mol. The number of hydrogen-bond acceptors (Lipinski definition) is 2. The van der Waals surface area contributed by atoms with Gasteiger partial charge in [-0.15, -0.1) is 0 Å². The van der Waals surface area contributed by atoms with Crippen molar-refractivity contribution in [3.63, 3.8) is 0 Å². The zero-order valence-corrected chi connectivity index (χ0v) is 9.65. The zero-order valence-electron chi connectivity index (χ0n) is 9.65. The Morgan fingerprint density at radius 1 is 1.47 bits per heavy atom. The Morgan fingerprint density at radius 3 is 2.67 bits per heavy atom. The molecule has 3 unspecified atom stereocenters. The molecule has 1 N–H and O–H groups in total. The van der Waals surface area contributed by atoms with Gasteiger partial charge in [-0.3, -0.25) is 9.69 Å². The molecule has 0 bridgehead atoms. The number of rotatable bonds is 4. The average Bonchev–Trinajstić information content (AvgIpc) is 2.86. The molecule has 0 aromatic heterocycles. The molecule has 86 valence electrons. The molecule has 1 heterocycles. The Bertz CT molecular complexity index is 250. The Hall–Kier alpha value is -0.570. The van der Waals surface area contributed by atoms with E-state index < -0.39 is 5.97 Å². The van der Waals surface area contributed by atoms with Crippen LogP contribution in [0.3, 0.4) is 0 Å². The van der Waals surface area contributed by atoms with Gasteiger partial charge in [0.05, 0.1) is 0 Å². The molecule has 3 heteroatoms. The van der Waals surface area contributed by atoms with Crippen molar-refractivity contribution in [2.24, 2.45) is 11.8 Å². The van der Waals surface area contributed by atoms with Crippen molar-refractivity contribution >= 4 is 5.97 Å². The van der Waals surface area contributed by atoms with Crippen molar-refractivity contribution in [2.45, 2.75) is 51.6 Å². The lowest BCUT2D eigenvalue weighted by Gasteiger charge is -2.29. The van der Waals surface area contributed by atoms with Crippen LogP contribution >= 0.6 is 0 Å². The Balaban J connectivity index is 1.96. The van der Waals surface area contributed by atoms with Gasteiger partial charge in [0.25, 0.3) is 0 Å². The highest BCUT2D eigenvalue weighted by atomic mass is 16.4. The Morgan fingerprint density at radius 2 is 2.13 bits per heavy atom. The van der Waals surface area contributed by atoms with Gasteiger partial charge in [0, 0.05) is 6.04 Å². The van der Waals surface area contributed by atoms with E-state index in [4.69, 9.17) is 0 Å². The summed E-state index contributed by atoms with van der Waals surface area (Å²) in [5, 5.41) is 9.21. The number of hydrogen-bond donors (Lipinski definition) is 1. The maximum Gasteiger partial charge on any atom is 0.321 e. The van der Waals surface area contributed by atoms with Crippen LogP contribution in [0.2, 0.25) is 0 Å². The number of carboxylic acid groups (broad SMARTS) is 1. The fourth-order valence-electron chi connectivity index (χ4n) is 2.83. The molecule has 2 fully saturated rings. The lowest BCUT2D eigenvalue weighted by Crippen LogP contribution is -2.44. The van der Waals surface area contributed by atoms with Gasteiger partial charge in [-0.05, 0) is 38.1 Å². The predicted octanol–water partition coefficient (Wildman–Crippen LogP) is 1.97. The van der Waals surface area contributed by atoms with E-state index in [1.807, 2.05) is 0 Å². The Kier molecular flexibility index (Phi) is 3.01. The van der Waals surface area contributed by atoms with Crippen LogP contribution in [0.4, 0.5) is 0 Å². The van der Waals surface area contributed by atoms with E-state index in [9.17, 15) is 9.90 Å². The molecule has 0 spiro atoms. The van der Waals surface area contributed by atoms with Crippen LogP contribution in [-0.4, -0.2) is 34.6 Å². The maximum atomic E-state index is 11.2. The molecule has 0 aromatic carbocycles. The number of carbonyl (C=O) groups is 1. The Labute approximate surface area is 91.5 Å². The summed E-state index contributed by atoms with van der Waals surface area (Å²) in [6, 6.07) is 0.210. The predicted molar refractivity (Wildman–Crippen MR) is 58.7 cm³/mol. The molecule has 0 radical (unpaired) electrons. The maximum absolute atomic E-state index is 11.2. The highest BCUT2D eigenvalue weighted by Crippen LogP contribution is 2.36. The fourth-order valence-corrected chi connectivity index (χ4v) is 2.83. The topological polar surface area (TPSA) is 40.5 Å². The molecule has 0 aromatic rings. The lowest BCUT2D eigenvalue weighted by molar-refractivity contribution is -0.144. The van der Waals surface area contributed by atoms with Crippen LogP contribution in [0.5, 0.6) is 0 Å². The third-order valence-corrected chi connectivity index (χ3v) is 3.93. The van der Waals surface area contributed by atoms with E-state index in [1.54, 1.807) is 0 Å². The van der Waals surface area contributed by atoms with Crippen molar-refractivity contribution in [3.05, 3.63) is 0 Å². The minimum atomic E-state index is -0.636. The second-order valence-electron chi connectivity index (χ2n) is 5.31. The summed E-state index contributed by atoms with van der Waals surface area (Å²) in [7, 11) is 0. The first-order valence-corrected chi connectivity index (χ1v) is 6.08. The van der Waals surface area contributed by atoms with Gasteiger partial charge < -0.3 is 5.11 Å². The van der Waals surface area contributed by atoms with E-state index in [2.05, 4.69) is 18.7 Å². The van der Waals surface area contributed by atoms with E-state index in [0.717, 1.165) is 18.9 Å². The molecule has 3 atom stereocenters. The normalized spacial score (nSPS) is 34.3. The van der Waals surface area contributed by atoms with Gasteiger partial charge in [-0.2, -0.15) is 0 Å². The van der Waals surface area contributed by atoms with Crippen LogP contribution in [0.25, 0.3) is 0 Å². The third kappa shape index (κ3) is 2.33. The van der Waals surface area contributed by atoms with Crippen LogP contribution in [0.1, 0.15) is 39.5 Å². The average molecular weight is 211 g/mol. The molecule has 1 aliphatic carbocycles. The molecule has 2 aliphatic rings. The molecule has 1 aliphatic heterocycles. The number of nitrogens with zero attached hydrogens (tertiary/aromatic N) is 1. The molecular formula is C12H21NO2. The summed E-state index contributed by atoms with van der Waals surface area (Å²) in [6.07, 6.45) is 4.93. The smallest absolute Gasteiger partial charge is 0.321 e. The lowest BCUT2D eigenvalue weighted by atomic mass is 10.0. The quantitative estimate of drug-likeness (QED) is 0.773. The van der Waals surface area contributed by atoms with Gasteiger partial charge in [0.1, 0.15) is 6.04 Å². The third-order valence-electron chi connectivity index (χ3n) is 3.93. The summed E-state index contributed by atoms with van der Waals surface area (Å²) >= 11 is 0. The first kappa shape index (κ1) is 10.9. The molecule has 3 nitrogen and oxygen atoms in total. The first-order chi connectivity index (χ1) is 7.09. The number of carboxylic acids is 1. The molecule has 15 heavy (non-hydrogen) atoms. The fraction of sp³-hybridized carbons (Fsp3) is 0.917. The SMILES string of the molecule is CC1CCN(C(C)CC2CC2)C1C(=O)O. The van der Waals surface area contributed by atoms with Gasteiger partial charge in [-0.1, -0.05) is 19.8 Å². The highest BCUT2D eigenvalue weighted by Gasteiger charge is 2.40.